The average molecular weight is 385 g/mol. The van der Waals surface area contributed by atoms with Gasteiger partial charge in [-0.2, -0.15) is 0 Å². The van der Waals surface area contributed by atoms with Gasteiger partial charge in [0.2, 0.25) is 10.0 Å². The van der Waals surface area contributed by atoms with Crippen molar-refractivity contribution in [3.8, 4) is 11.5 Å². The first-order valence-electron chi connectivity index (χ1n) is 8.54. The van der Waals surface area contributed by atoms with Crippen molar-refractivity contribution in [3.63, 3.8) is 0 Å². The molecule has 2 rings (SSSR count). The molecular weight excluding hydrogens is 356 g/mol. The van der Waals surface area contributed by atoms with Crippen LogP contribution in [0.4, 0.5) is 0 Å². The number of hydrogen-bond acceptors (Lipinski definition) is 5. The number of hydrogen-bond donors (Lipinski definition) is 3. The SMILES string of the molecule is COc1ccc(CN=C(N)NCC2CCCC2NS(C)(=O)=O)cc1OC. The molecule has 146 valence electrons. The van der Waals surface area contributed by atoms with Crippen molar-refractivity contribution >= 4 is 16.0 Å². The highest BCUT2D eigenvalue weighted by molar-refractivity contribution is 7.88. The van der Waals surface area contributed by atoms with Crippen LogP contribution in [0.15, 0.2) is 23.2 Å². The molecule has 1 aromatic rings. The van der Waals surface area contributed by atoms with E-state index in [2.05, 4.69) is 15.0 Å². The lowest BCUT2D eigenvalue weighted by atomic mass is 10.1. The Kier molecular flexibility index (Phi) is 7.10. The first kappa shape index (κ1) is 20.3. The first-order valence-corrected chi connectivity index (χ1v) is 10.4. The van der Waals surface area contributed by atoms with Gasteiger partial charge in [0, 0.05) is 12.6 Å². The van der Waals surface area contributed by atoms with Crippen LogP contribution in [0.3, 0.4) is 0 Å². The van der Waals surface area contributed by atoms with Gasteiger partial charge in [0.05, 0.1) is 27.0 Å². The number of sulfonamides is 1. The summed E-state index contributed by atoms with van der Waals surface area (Å²) in [4.78, 5) is 4.33. The number of rotatable bonds is 8. The maximum Gasteiger partial charge on any atom is 0.208 e. The van der Waals surface area contributed by atoms with Crippen molar-refractivity contribution in [2.45, 2.75) is 31.8 Å². The first-order chi connectivity index (χ1) is 12.3. The van der Waals surface area contributed by atoms with E-state index >= 15 is 0 Å². The van der Waals surface area contributed by atoms with E-state index in [9.17, 15) is 8.42 Å². The van der Waals surface area contributed by atoms with Gasteiger partial charge in [-0.1, -0.05) is 12.5 Å². The maximum absolute atomic E-state index is 11.4. The van der Waals surface area contributed by atoms with Crippen molar-refractivity contribution in [3.05, 3.63) is 23.8 Å². The Labute approximate surface area is 155 Å². The molecule has 8 nitrogen and oxygen atoms in total. The molecule has 0 heterocycles. The van der Waals surface area contributed by atoms with Crippen LogP contribution in [0.5, 0.6) is 11.5 Å². The van der Waals surface area contributed by atoms with E-state index in [0.29, 0.717) is 30.5 Å². The highest BCUT2D eigenvalue weighted by Crippen LogP contribution is 2.28. The number of guanidine groups is 1. The molecule has 1 saturated carbocycles. The summed E-state index contributed by atoms with van der Waals surface area (Å²) in [5, 5.41) is 3.10. The molecule has 4 N–H and O–H groups in total. The monoisotopic (exact) mass is 384 g/mol. The Bertz CT molecular complexity index is 736. The Balaban J connectivity index is 1.88. The van der Waals surface area contributed by atoms with Gasteiger partial charge in [-0.25, -0.2) is 18.1 Å². The standard InChI is InChI=1S/C17H28N4O4S/c1-24-15-8-7-12(9-16(15)25-2)10-19-17(18)20-11-13-5-4-6-14(13)21-26(3,22)23/h7-9,13-14,21H,4-6,10-11H2,1-3H3,(H3,18,19,20). The van der Waals surface area contributed by atoms with Gasteiger partial charge in [0.25, 0.3) is 0 Å². The third-order valence-electron chi connectivity index (χ3n) is 4.45. The molecule has 26 heavy (non-hydrogen) atoms. The third kappa shape index (κ3) is 6.06. The Hall–Kier alpha value is -2.00. The normalized spacial score (nSPS) is 20.8. The van der Waals surface area contributed by atoms with Crippen LogP contribution in [0, 0.1) is 5.92 Å². The van der Waals surface area contributed by atoms with Crippen LogP contribution in [0.2, 0.25) is 0 Å². The topological polar surface area (TPSA) is 115 Å². The molecule has 1 aliphatic rings. The fourth-order valence-corrected chi connectivity index (χ4v) is 4.02. The summed E-state index contributed by atoms with van der Waals surface area (Å²) in [5.74, 6) is 1.86. The third-order valence-corrected chi connectivity index (χ3v) is 5.18. The lowest BCUT2D eigenvalue weighted by molar-refractivity contribution is 0.354. The summed E-state index contributed by atoms with van der Waals surface area (Å²) in [6.07, 6.45) is 4.00. The molecule has 0 radical (unpaired) electrons. The van der Waals surface area contributed by atoms with Gasteiger partial charge in [0.15, 0.2) is 17.5 Å². The maximum atomic E-state index is 11.4. The predicted molar refractivity (Wildman–Crippen MR) is 102 cm³/mol. The summed E-state index contributed by atoms with van der Waals surface area (Å²) in [6, 6.07) is 5.55. The van der Waals surface area contributed by atoms with Crippen molar-refractivity contribution in [2.75, 3.05) is 27.0 Å². The van der Waals surface area contributed by atoms with E-state index in [4.69, 9.17) is 15.2 Å². The highest BCUT2D eigenvalue weighted by Gasteiger charge is 2.29. The number of aliphatic imine (C=N–C) groups is 1. The number of nitrogens with one attached hydrogen (secondary N) is 2. The van der Waals surface area contributed by atoms with E-state index in [1.54, 1.807) is 14.2 Å². The summed E-state index contributed by atoms with van der Waals surface area (Å²) < 4.78 is 36.0. The molecule has 0 aromatic heterocycles. The Morgan fingerprint density at radius 1 is 1.27 bits per heavy atom. The Morgan fingerprint density at radius 2 is 2.00 bits per heavy atom. The number of nitrogens with two attached hydrogens (primary N) is 1. The fraction of sp³-hybridized carbons (Fsp3) is 0.588. The molecule has 1 aliphatic carbocycles. The average Bonchev–Trinajstić information content (AvgIpc) is 3.02. The van der Waals surface area contributed by atoms with Crippen molar-refractivity contribution < 1.29 is 17.9 Å². The van der Waals surface area contributed by atoms with E-state index in [1.807, 2.05) is 18.2 Å². The molecule has 0 bridgehead atoms. The van der Waals surface area contributed by atoms with E-state index in [0.717, 1.165) is 24.8 Å². The van der Waals surface area contributed by atoms with Crippen molar-refractivity contribution in [1.82, 2.24) is 10.0 Å². The fourth-order valence-electron chi connectivity index (χ4n) is 3.16. The minimum Gasteiger partial charge on any atom is -0.493 e. The van der Waals surface area contributed by atoms with Crippen LogP contribution in [0.25, 0.3) is 0 Å². The molecule has 1 fully saturated rings. The number of methoxy groups -OCH3 is 2. The van der Waals surface area contributed by atoms with E-state index in [1.165, 1.54) is 6.26 Å². The molecule has 9 heteroatoms. The largest absolute Gasteiger partial charge is 0.493 e. The van der Waals surface area contributed by atoms with Crippen LogP contribution < -0.4 is 25.2 Å². The van der Waals surface area contributed by atoms with Gasteiger partial charge in [-0.15, -0.1) is 0 Å². The zero-order valence-electron chi connectivity index (χ0n) is 15.5. The minimum atomic E-state index is -3.20. The highest BCUT2D eigenvalue weighted by atomic mass is 32.2. The van der Waals surface area contributed by atoms with Crippen LogP contribution >= 0.6 is 0 Å². The van der Waals surface area contributed by atoms with Crippen LogP contribution in [-0.2, 0) is 16.6 Å². The lowest BCUT2D eigenvalue weighted by Crippen LogP contribution is -2.43. The van der Waals surface area contributed by atoms with Crippen LogP contribution in [0.1, 0.15) is 24.8 Å². The molecule has 0 spiro atoms. The molecule has 2 unspecified atom stereocenters. The minimum absolute atomic E-state index is 0.0452. The summed E-state index contributed by atoms with van der Waals surface area (Å²) in [6.45, 7) is 1.00. The van der Waals surface area contributed by atoms with Crippen LogP contribution in [-0.4, -0.2) is 47.4 Å². The van der Waals surface area contributed by atoms with Gasteiger partial charge in [0.1, 0.15) is 0 Å². The van der Waals surface area contributed by atoms with Crippen molar-refractivity contribution in [1.29, 1.82) is 0 Å². The second kappa shape index (κ2) is 9.09. The zero-order valence-corrected chi connectivity index (χ0v) is 16.3. The predicted octanol–water partition coefficient (Wildman–Crippen LogP) is 0.826. The molecule has 1 aromatic carbocycles. The summed E-state index contributed by atoms with van der Waals surface area (Å²) >= 11 is 0. The molecule has 0 aliphatic heterocycles. The summed E-state index contributed by atoms with van der Waals surface area (Å²) in [7, 11) is -0.0226. The molecule has 0 saturated heterocycles. The second-order valence-electron chi connectivity index (χ2n) is 6.46. The number of benzene rings is 1. The zero-order chi connectivity index (χ0) is 19.2. The number of nitrogens with zero attached hydrogens (tertiary/aromatic N) is 1. The van der Waals surface area contributed by atoms with Gasteiger partial charge in [-0.3, -0.25) is 0 Å². The van der Waals surface area contributed by atoms with Gasteiger partial charge >= 0.3 is 0 Å². The smallest absolute Gasteiger partial charge is 0.208 e. The molecular formula is C17H28N4O4S. The Morgan fingerprint density at radius 3 is 2.65 bits per heavy atom. The second-order valence-corrected chi connectivity index (χ2v) is 8.24. The van der Waals surface area contributed by atoms with Gasteiger partial charge in [-0.05, 0) is 36.5 Å². The molecule has 2 atom stereocenters. The lowest BCUT2D eigenvalue weighted by Gasteiger charge is -2.20. The number of ether oxygens (including phenoxy) is 2. The van der Waals surface area contributed by atoms with E-state index < -0.39 is 10.0 Å². The molecule has 0 amide bonds. The van der Waals surface area contributed by atoms with E-state index in [-0.39, 0.29) is 12.0 Å². The summed E-state index contributed by atoms with van der Waals surface area (Å²) in [5.41, 5.74) is 6.89. The van der Waals surface area contributed by atoms with Gasteiger partial charge < -0.3 is 20.5 Å². The van der Waals surface area contributed by atoms with Crippen molar-refractivity contribution in [2.24, 2.45) is 16.6 Å². The quantitative estimate of drug-likeness (QED) is 0.452.